The number of hydrogen-bond donors (Lipinski definition) is 1. The lowest BCUT2D eigenvalue weighted by molar-refractivity contribution is 1.07. The molecule has 1 rings (SSSR count). The van der Waals surface area contributed by atoms with Gasteiger partial charge in [-0.3, -0.25) is 0 Å². The number of hydrogen-bond acceptors (Lipinski definition) is 1. The Morgan fingerprint density at radius 2 is 1.67 bits per heavy atom. The van der Waals surface area contributed by atoms with Crippen LogP contribution in [0.3, 0.4) is 0 Å². The summed E-state index contributed by atoms with van der Waals surface area (Å²) >= 11 is 0. The van der Waals surface area contributed by atoms with Gasteiger partial charge in [-0.25, -0.2) is 0 Å². The molecule has 1 aromatic carbocycles. The van der Waals surface area contributed by atoms with Crippen LogP contribution in [0.25, 0.3) is 0 Å². The molecule has 9 heavy (non-hydrogen) atoms. The van der Waals surface area contributed by atoms with Crippen LogP contribution in [0, 0.1) is 0 Å². The van der Waals surface area contributed by atoms with Crippen LogP contribution in [0.2, 0.25) is 0 Å². The lowest BCUT2D eigenvalue weighted by atomic mass is 10.2. The van der Waals surface area contributed by atoms with Crippen molar-refractivity contribution in [3.05, 3.63) is 35.9 Å². The molecule has 0 saturated carbocycles. The first-order valence-corrected chi connectivity index (χ1v) is 2.67. The summed E-state index contributed by atoms with van der Waals surface area (Å²) in [5.74, 6) is 0. The highest BCUT2D eigenvalue weighted by molar-refractivity contribution is 5.75. The molecule has 0 radical (unpaired) electrons. The maximum absolute atomic E-state index is 5.35. The molecule has 48 valence electrons. The molecule has 0 aliphatic carbocycles. The summed E-state index contributed by atoms with van der Waals surface area (Å²) < 4.78 is 0. The van der Waals surface area contributed by atoms with Gasteiger partial charge in [-0.05, 0) is 5.56 Å². The van der Waals surface area contributed by atoms with Gasteiger partial charge in [-0.2, -0.15) is 0 Å². The average Bonchev–Trinajstić information content (AvgIpc) is 1.90. The van der Waals surface area contributed by atoms with Crippen molar-refractivity contribution in [2.45, 2.75) is 6.54 Å². The highest BCUT2D eigenvalue weighted by Gasteiger charge is 1.80. The molecule has 0 heterocycles. The first kappa shape index (κ1) is 8.24. The molecule has 0 amide bonds. The van der Waals surface area contributed by atoms with Gasteiger partial charge in [-0.15, -0.1) is 0 Å². The second-order valence-corrected chi connectivity index (χ2v) is 1.69. The SMILES string of the molecule is B.NCc1ccccc1. The number of benzene rings is 1. The van der Waals surface area contributed by atoms with Crippen LogP contribution in [-0.4, -0.2) is 8.41 Å². The second kappa shape index (κ2) is 4.16. The van der Waals surface area contributed by atoms with Crippen LogP contribution < -0.4 is 5.73 Å². The lowest BCUT2D eigenvalue weighted by Gasteiger charge is -1.90. The molecule has 0 atom stereocenters. The smallest absolute Gasteiger partial charge is 0.0814 e. The van der Waals surface area contributed by atoms with Crippen molar-refractivity contribution >= 4 is 8.41 Å². The predicted molar refractivity (Wildman–Crippen MR) is 44.3 cm³/mol. The molecule has 0 spiro atoms. The molecule has 2 N–H and O–H groups in total. The van der Waals surface area contributed by atoms with E-state index in [1.54, 1.807) is 0 Å². The predicted octanol–water partition coefficient (Wildman–Crippen LogP) is -0.0386. The van der Waals surface area contributed by atoms with Crippen molar-refractivity contribution < 1.29 is 0 Å². The molecule has 0 unspecified atom stereocenters. The minimum Gasteiger partial charge on any atom is -0.326 e. The molecular weight excluding hydrogens is 109 g/mol. The lowest BCUT2D eigenvalue weighted by Crippen LogP contribution is -1.94. The van der Waals surface area contributed by atoms with Gasteiger partial charge < -0.3 is 5.73 Å². The Balaban J connectivity index is 0.000000640. The normalized spacial score (nSPS) is 8.11. The van der Waals surface area contributed by atoms with Gasteiger partial charge in [0, 0.05) is 6.54 Å². The maximum Gasteiger partial charge on any atom is 0.0814 e. The van der Waals surface area contributed by atoms with Gasteiger partial charge in [0.2, 0.25) is 0 Å². The first-order valence-electron chi connectivity index (χ1n) is 2.67. The molecule has 0 fully saturated rings. The van der Waals surface area contributed by atoms with E-state index in [-0.39, 0.29) is 8.41 Å². The van der Waals surface area contributed by atoms with Crippen molar-refractivity contribution in [1.29, 1.82) is 0 Å². The summed E-state index contributed by atoms with van der Waals surface area (Å²) in [5, 5.41) is 0. The quantitative estimate of drug-likeness (QED) is 0.518. The summed E-state index contributed by atoms with van der Waals surface area (Å²) in [6.07, 6.45) is 0. The molecule has 0 aliphatic heterocycles. The highest BCUT2D eigenvalue weighted by atomic mass is 14.5. The van der Waals surface area contributed by atoms with Crippen LogP contribution in [-0.2, 0) is 6.54 Å². The fourth-order valence-corrected chi connectivity index (χ4v) is 0.614. The van der Waals surface area contributed by atoms with Gasteiger partial charge in [0.15, 0.2) is 0 Å². The van der Waals surface area contributed by atoms with E-state index in [2.05, 4.69) is 0 Å². The monoisotopic (exact) mass is 121 g/mol. The van der Waals surface area contributed by atoms with Crippen LogP contribution in [0.5, 0.6) is 0 Å². The van der Waals surface area contributed by atoms with Crippen molar-refractivity contribution in [2.24, 2.45) is 5.73 Å². The van der Waals surface area contributed by atoms with Gasteiger partial charge in [0.1, 0.15) is 0 Å². The minimum absolute atomic E-state index is 0. The summed E-state index contributed by atoms with van der Waals surface area (Å²) in [7, 11) is 0. The Labute approximate surface area is 57.5 Å². The van der Waals surface area contributed by atoms with E-state index in [1.807, 2.05) is 30.3 Å². The number of rotatable bonds is 1. The Kier molecular flexibility index (Phi) is 3.81. The van der Waals surface area contributed by atoms with Crippen molar-refractivity contribution in [2.75, 3.05) is 0 Å². The van der Waals surface area contributed by atoms with Gasteiger partial charge in [0.25, 0.3) is 0 Å². The zero-order valence-electron chi connectivity index (χ0n) is 4.67. The Bertz CT molecular complexity index is 150. The van der Waals surface area contributed by atoms with Crippen molar-refractivity contribution in [3.63, 3.8) is 0 Å². The summed E-state index contributed by atoms with van der Waals surface area (Å²) in [6.45, 7) is 0.640. The number of nitrogens with two attached hydrogens (primary N) is 1. The van der Waals surface area contributed by atoms with Crippen molar-refractivity contribution in [3.8, 4) is 0 Å². The second-order valence-electron chi connectivity index (χ2n) is 1.69. The molecule has 0 bridgehead atoms. The van der Waals surface area contributed by atoms with E-state index in [1.165, 1.54) is 5.56 Å². The Hall–Kier alpha value is -0.755. The van der Waals surface area contributed by atoms with Crippen LogP contribution in [0.4, 0.5) is 0 Å². The van der Waals surface area contributed by atoms with Gasteiger partial charge >= 0.3 is 0 Å². The standard InChI is InChI=1S/C7H9N.BH3/c8-6-7-4-2-1-3-5-7;/h1-5H,6,8H2;1H3. The summed E-state index contributed by atoms with van der Waals surface area (Å²) in [6, 6.07) is 9.99. The molecule has 1 nitrogen and oxygen atoms in total. The average molecular weight is 121 g/mol. The third-order valence-corrected chi connectivity index (χ3v) is 1.08. The summed E-state index contributed by atoms with van der Waals surface area (Å²) in [5.41, 5.74) is 6.54. The third kappa shape index (κ3) is 2.33. The Morgan fingerprint density at radius 3 is 2.00 bits per heavy atom. The molecule has 1 aromatic rings. The Morgan fingerprint density at radius 1 is 1.11 bits per heavy atom. The van der Waals surface area contributed by atoms with Crippen molar-refractivity contribution in [1.82, 2.24) is 0 Å². The highest BCUT2D eigenvalue weighted by Crippen LogP contribution is 1.94. The molecule has 2 heteroatoms. The first-order chi connectivity index (χ1) is 3.93. The van der Waals surface area contributed by atoms with E-state index in [9.17, 15) is 0 Å². The van der Waals surface area contributed by atoms with E-state index in [4.69, 9.17) is 5.73 Å². The van der Waals surface area contributed by atoms with E-state index < -0.39 is 0 Å². The topological polar surface area (TPSA) is 26.0 Å². The third-order valence-electron chi connectivity index (χ3n) is 1.08. The molecule has 0 aliphatic rings. The van der Waals surface area contributed by atoms with E-state index in [0.717, 1.165) is 0 Å². The minimum atomic E-state index is 0. The van der Waals surface area contributed by atoms with E-state index in [0.29, 0.717) is 6.54 Å². The summed E-state index contributed by atoms with van der Waals surface area (Å²) in [4.78, 5) is 0. The van der Waals surface area contributed by atoms with Crippen LogP contribution >= 0.6 is 0 Å². The van der Waals surface area contributed by atoms with Crippen LogP contribution in [0.15, 0.2) is 30.3 Å². The van der Waals surface area contributed by atoms with Gasteiger partial charge in [-0.1, -0.05) is 30.3 Å². The molecular formula is C7H12BN. The van der Waals surface area contributed by atoms with Gasteiger partial charge in [0.05, 0.1) is 8.41 Å². The largest absolute Gasteiger partial charge is 0.326 e. The zero-order valence-corrected chi connectivity index (χ0v) is 4.67. The molecule has 0 aromatic heterocycles. The fraction of sp³-hybridized carbons (Fsp3) is 0.143. The zero-order chi connectivity index (χ0) is 5.82. The molecule has 0 saturated heterocycles. The van der Waals surface area contributed by atoms with Crippen LogP contribution in [0.1, 0.15) is 5.56 Å². The fourth-order valence-electron chi connectivity index (χ4n) is 0.614. The van der Waals surface area contributed by atoms with E-state index >= 15 is 0 Å². The maximum atomic E-state index is 5.35.